The molecule has 0 fully saturated rings. The number of nitriles is 1. The number of aromatic nitrogens is 1. The fourth-order valence-electron chi connectivity index (χ4n) is 2.11. The van der Waals surface area contributed by atoms with Gasteiger partial charge in [0.2, 0.25) is 5.91 Å². The van der Waals surface area contributed by atoms with E-state index in [4.69, 9.17) is 0 Å². The number of benzene rings is 1. The first kappa shape index (κ1) is 17.7. The summed E-state index contributed by atoms with van der Waals surface area (Å²) in [5.41, 5.74) is 2.33. The highest BCUT2D eigenvalue weighted by atomic mass is 32.2. The van der Waals surface area contributed by atoms with Crippen LogP contribution in [0.2, 0.25) is 0 Å². The van der Waals surface area contributed by atoms with E-state index in [1.807, 2.05) is 36.4 Å². The van der Waals surface area contributed by atoms with Gasteiger partial charge in [0, 0.05) is 17.8 Å². The number of pyridine rings is 1. The van der Waals surface area contributed by atoms with Gasteiger partial charge in [-0.05, 0) is 25.5 Å². The van der Waals surface area contributed by atoms with Crippen LogP contribution in [0, 0.1) is 18.3 Å². The summed E-state index contributed by atoms with van der Waals surface area (Å²) in [5, 5.41) is 12.5. The van der Waals surface area contributed by atoms with Crippen LogP contribution < -0.4 is 5.32 Å². The third-order valence-corrected chi connectivity index (χ3v) is 4.34. The molecule has 0 aliphatic carbocycles. The fourth-order valence-corrected chi connectivity index (χ4v) is 2.94. The Balaban J connectivity index is 1.98. The molecule has 1 aromatic heterocycles. The van der Waals surface area contributed by atoms with Gasteiger partial charge in [-0.15, -0.1) is 0 Å². The predicted molar refractivity (Wildman–Crippen MR) is 92.7 cm³/mol. The number of nitrogens with zero attached hydrogens (tertiary/aromatic N) is 2. The Hall–Kier alpha value is -2.65. The molecular formula is C18H17N3O2S. The Morgan fingerprint density at radius 1 is 1.29 bits per heavy atom. The molecule has 0 unspecified atom stereocenters. The van der Waals surface area contributed by atoms with Gasteiger partial charge in [0.15, 0.2) is 5.78 Å². The molecule has 2 aromatic rings. The van der Waals surface area contributed by atoms with Crippen molar-refractivity contribution in [3.63, 3.8) is 0 Å². The number of hydrogen-bond acceptors (Lipinski definition) is 5. The van der Waals surface area contributed by atoms with Crippen LogP contribution in [0.1, 0.15) is 34.1 Å². The van der Waals surface area contributed by atoms with Crippen LogP contribution in [0.5, 0.6) is 0 Å². The predicted octanol–water partition coefficient (Wildman–Crippen LogP) is 2.87. The maximum Gasteiger partial charge on any atom is 0.230 e. The number of rotatable bonds is 6. The average Bonchev–Trinajstić information content (AvgIpc) is 2.58. The summed E-state index contributed by atoms with van der Waals surface area (Å²) in [6.07, 6.45) is 0. The van der Waals surface area contributed by atoms with Crippen molar-refractivity contribution in [2.75, 3.05) is 5.75 Å². The molecular weight excluding hydrogens is 322 g/mol. The van der Waals surface area contributed by atoms with Crippen LogP contribution >= 0.6 is 11.8 Å². The zero-order chi connectivity index (χ0) is 17.5. The van der Waals surface area contributed by atoms with Gasteiger partial charge in [-0.3, -0.25) is 9.59 Å². The molecule has 0 radical (unpaired) electrons. The van der Waals surface area contributed by atoms with Gasteiger partial charge in [0.1, 0.15) is 11.1 Å². The van der Waals surface area contributed by atoms with Crippen molar-refractivity contribution in [3.05, 3.63) is 58.8 Å². The van der Waals surface area contributed by atoms with E-state index in [0.29, 0.717) is 28.4 Å². The van der Waals surface area contributed by atoms with Crippen LogP contribution in [0.3, 0.4) is 0 Å². The number of carbonyl (C=O) groups excluding carboxylic acids is 2. The standard InChI is InChI=1S/C18H17N3O2S/c1-12-16(13(2)22)8-15(9-19)18(21-12)24-11-17(23)20-10-14-6-4-3-5-7-14/h3-8H,10-11H2,1-2H3,(H,20,23). The van der Waals surface area contributed by atoms with Crippen LogP contribution in [-0.4, -0.2) is 22.4 Å². The lowest BCUT2D eigenvalue weighted by atomic mass is 10.1. The fraction of sp³-hybridized carbons (Fsp3) is 0.222. The highest BCUT2D eigenvalue weighted by Crippen LogP contribution is 2.23. The number of nitrogens with one attached hydrogen (secondary N) is 1. The highest BCUT2D eigenvalue weighted by Gasteiger charge is 2.14. The van der Waals surface area contributed by atoms with E-state index < -0.39 is 0 Å². The van der Waals surface area contributed by atoms with Gasteiger partial charge in [0.25, 0.3) is 0 Å². The maximum absolute atomic E-state index is 12.0. The molecule has 0 saturated heterocycles. The van der Waals surface area contributed by atoms with Crippen LogP contribution in [0.4, 0.5) is 0 Å². The SMILES string of the molecule is CC(=O)c1cc(C#N)c(SCC(=O)NCc2ccccc2)nc1C. The Bertz CT molecular complexity index is 798. The summed E-state index contributed by atoms with van der Waals surface area (Å²) in [5.74, 6) is -0.107. The molecule has 1 aromatic carbocycles. The first-order valence-corrected chi connectivity index (χ1v) is 8.36. The van der Waals surface area contributed by atoms with E-state index in [1.54, 1.807) is 6.92 Å². The molecule has 0 aliphatic rings. The monoisotopic (exact) mass is 339 g/mol. The molecule has 5 nitrogen and oxygen atoms in total. The minimum atomic E-state index is -0.136. The molecule has 0 saturated carbocycles. The summed E-state index contributed by atoms with van der Waals surface area (Å²) in [4.78, 5) is 27.8. The minimum absolute atomic E-state index is 0.131. The summed E-state index contributed by atoms with van der Waals surface area (Å²) in [7, 11) is 0. The number of ketones is 1. The smallest absolute Gasteiger partial charge is 0.230 e. The molecule has 1 heterocycles. The third-order valence-electron chi connectivity index (χ3n) is 3.35. The normalized spacial score (nSPS) is 10.0. The largest absolute Gasteiger partial charge is 0.351 e. The Morgan fingerprint density at radius 3 is 2.62 bits per heavy atom. The summed E-state index contributed by atoms with van der Waals surface area (Å²) >= 11 is 1.19. The van der Waals surface area contributed by atoms with E-state index in [2.05, 4.69) is 10.3 Å². The Kier molecular flexibility index (Phi) is 6.10. The van der Waals surface area contributed by atoms with E-state index in [1.165, 1.54) is 24.8 Å². The number of Topliss-reactive ketones (excluding diaryl/α,β-unsaturated/α-hetero) is 1. The molecule has 0 atom stereocenters. The van der Waals surface area contributed by atoms with Crippen molar-refractivity contribution >= 4 is 23.5 Å². The molecule has 6 heteroatoms. The molecule has 0 spiro atoms. The molecule has 24 heavy (non-hydrogen) atoms. The maximum atomic E-state index is 12.0. The van der Waals surface area contributed by atoms with Gasteiger partial charge in [0.05, 0.1) is 11.3 Å². The van der Waals surface area contributed by atoms with Gasteiger partial charge in [-0.1, -0.05) is 42.1 Å². The van der Waals surface area contributed by atoms with E-state index in [0.717, 1.165) is 5.56 Å². The molecule has 0 aliphatic heterocycles. The molecule has 0 bridgehead atoms. The lowest BCUT2D eigenvalue weighted by molar-refractivity contribution is -0.118. The van der Waals surface area contributed by atoms with Crippen molar-refractivity contribution in [2.24, 2.45) is 0 Å². The van der Waals surface area contributed by atoms with Gasteiger partial charge < -0.3 is 5.32 Å². The molecule has 122 valence electrons. The Morgan fingerprint density at radius 2 is 2.00 bits per heavy atom. The number of aryl methyl sites for hydroxylation is 1. The van der Waals surface area contributed by atoms with E-state index >= 15 is 0 Å². The summed E-state index contributed by atoms with van der Waals surface area (Å²) in [6, 6.07) is 13.2. The van der Waals surface area contributed by atoms with Crippen molar-refractivity contribution in [1.29, 1.82) is 5.26 Å². The van der Waals surface area contributed by atoms with Crippen molar-refractivity contribution < 1.29 is 9.59 Å². The van der Waals surface area contributed by atoms with Crippen LogP contribution in [0.15, 0.2) is 41.4 Å². The number of thioether (sulfide) groups is 1. The Labute approximate surface area is 145 Å². The molecule has 2 rings (SSSR count). The van der Waals surface area contributed by atoms with Crippen molar-refractivity contribution in [3.8, 4) is 6.07 Å². The van der Waals surface area contributed by atoms with E-state index in [-0.39, 0.29) is 17.4 Å². The summed E-state index contributed by atoms with van der Waals surface area (Å²) < 4.78 is 0. The second kappa shape index (κ2) is 8.27. The highest BCUT2D eigenvalue weighted by molar-refractivity contribution is 8.00. The molecule has 1 N–H and O–H groups in total. The van der Waals surface area contributed by atoms with E-state index in [9.17, 15) is 14.9 Å². The second-order valence-corrected chi connectivity index (χ2v) is 6.16. The average molecular weight is 339 g/mol. The number of amides is 1. The number of carbonyl (C=O) groups is 2. The topological polar surface area (TPSA) is 82.8 Å². The van der Waals surface area contributed by atoms with Crippen molar-refractivity contribution in [2.45, 2.75) is 25.4 Å². The zero-order valence-electron chi connectivity index (χ0n) is 13.5. The van der Waals surface area contributed by atoms with Gasteiger partial charge in [-0.25, -0.2) is 4.98 Å². The van der Waals surface area contributed by atoms with Gasteiger partial charge >= 0.3 is 0 Å². The first-order valence-electron chi connectivity index (χ1n) is 7.37. The second-order valence-electron chi connectivity index (χ2n) is 5.19. The summed E-state index contributed by atoms with van der Waals surface area (Å²) in [6.45, 7) is 3.62. The third kappa shape index (κ3) is 4.67. The van der Waals surface area contributed by atoms with Crippen molar-refractivity contribution in [1.82, 2.24) is 10.3 Å². The molecule has 1 amide bonds. The van der Waals surface area contributed by atoms with Gasteiger partial charge in [-0.2, -0.15) is 5.26 Å². The van der Waals surface area contributed by atoms with Crippen LogP contribution in [0.25, 0.3) is 0 Å². The lowest BCUT2D eigenvalue weighted by Crippen LogP contribution is -2.24. The zero-order valence-corrected chi connectivity index (χ0v) is 14.3. The first-order chi connectivity index (χ1) is 11.5. The van der Waals surface area contributed by atoms with Crippen LogP contribution in [-0.2, 0) is 11.3 Å². The lowest BCUT2D eigenvalue weighted by Gasteiger charge is -2.08. The minimum Gasteiger partial charge on any atom is -0.351 e. The number of hydrogen-bond donors (Lipinski definition) is 1. The quantitative estimate of drug-likeness (QED) is 0.646.